The first-order valence-corrected chi connectivity index (χ1v) is 8.94. The number of carboxylic acids is 1. The Hall–Kier alpha value is -2.01. The van der Waals surface area contributed by atoms with Crippen LogP contribution in [-0.2, 0) is 17.8 Å². The lowest BCUT2D eigenvalue weighted by Crippen LogP contribution is -2.12. The summed E-state index contributed by atoms with van der Waals surface area (Å²) in [6, 6.07) is 14.4. The normalized spacial score (nSPS) is 11.9. The van der Waals surface area contributed by atoms with E-state index < -0.39 is 11.2 Å². The fourth-order valence-corrected chi connectivity index (χ4v) is 2.68. The first-order valence-electron chi connectivity index (χ1n) is 8.42. The van der Waals surface area contributed by atoms with Crippen molar-refractivity contribution in [2.75, 3.05) is 0 Å². The van der Waals surface area contributed by atoms with Gasteiger partial charge in [0.25, 0.3) is 0 Å². The Morgan fingerprint density at radius 3 is 2.48 bits per heavy atom. The highest BCUT2D eigenvalue weighted by molar-refractivity contribution is 7.81. The molecule has 0 saturated heterocycles. The molecule has 0 radical (unpaired) electrons. The van der Waals surface area contributed by atoms with Gasteiger partial charge in [-0.1, -0.05) is 43.2 Å². The molecule has 3 nitrogen and oxygen atoms in total. The monoisotopic (exact) mass is 362 g/mol. The highest BCUT2D eigenvalue weighted by Gasteiger charge is 2.10. The molecule has 2 rings (SSSR count). The van der Waals surface area contributed by atoms with Crippen LogP contribution < -0.4 is 4.74 Å². The molecule has 0 spiro atoms. The van der Waals surface area contributed by atoms with E-state index in [0.29, 0.717) is 17.7 Å². The third kappa shape index (κ3) is 6.78. The number of hydrogen-bond acceptors (Lipinski definition) is 3. The zero-order valence-electron chi connectivity index (χ0n) is 14.0. The topological polar surface area (TPSA) is 46.5 Å². The van der Waals surface area contributed by atoms with E-state index in [0.717, 1.165) is 25.7 Å². The summed E-state index contributed by atoms with van der Waals surface area (Å²) in [5.74, 6) is -0.397. The number of unbranched alkanes of at least 4 members (excludes halogenated alkanes) is 2. The molecule has 1 unspecified atom stereocenters. The lowest BCUT2D eigenvalue weighted by atomic mass is 10.1. The SMILES string of the molecule is O=C(O)C(S)CCCCCc1ccc(OCc2ccccc2F)cc1. The zero-order chi connectivity index (χ0) is 18.1. The van der Waals surface area contributed by atoms with Gasteiger partial charge in [-0.2, -0.15) is 12.6 Å². The molecule has 2 aromatic carbocycles. The maximum atomic E-state index is 13.5. The average Bonchev–Trinajstić information content (AvgIpc) is 2.61. The van der Waals surface area contributed by atoms with Gasteiger partial charge in [-0.15, -0.1) is 0 Å². The molecule has 0 bridgehead atoms. The summed E-state index contributed by atoms with van der Waals surface area (Å²) >= 11 is 4.02. The summed E-state index contributed by atoms with van der Waals surface area (Å²) < 4.78 is 19.2. The van der Waals surface area contributed by atoms with E-state index in [-0.39, 0.29) is 12.4 Å². The zero-order valence-corrected chi connectivity index (χ0v) is 14.9. The summed E-state index contributed by atoms with van der Waals surface area (Å²) in [6.45, 7) is 0.209. The van der Waals surface area contributed by atoms with Gasteiger partial charge in [-0.25, -0.2) is 4.39 Å². The van der Waals surface area contributed by atoms with Crippen LogP contribution in [-0.4, -0.2) is 16.3 Å². The highest BCUT2D eigenvalue weighted by atomic mass is 32.1. The second kappa shape index (κ2) is 10.1. The van der Waals surface area contributed by atoms with E-state index in [9.17, 15) is 9.18 Å². The number of thiol groups is 1. The van der Waals surface area contributed by atoms with Crippen LogP contribution in [0.25, 0.3) is 0 Å². The van der Waals surface area contributed by atoms with Gasteiger partial charge in [0, 0.05) is 5.56 Å². The van der Waals surface area contributed by atoms with Gasteiger partial charge >= 0.3 is 5.97 Å². The fourth-order valence-electron chi connectivity index (χ4n) is 2.50. The minimum atomic E-state index is -0.852. The van der Waals surface area contributed by atoms with Gasteiger partial charge in [-0.3, -0.25) is 4.79 Å². The van der Waals surface area contributed by atoms with Crippen molar-refractivity contribution in [2.45, 2.75) is 44.0 Å². The summed E-state index contributed by atoms with van der Waals surface area (Å²) in [6.07, 6.45) is 4.40. The van der Waals surface area contributed by atoms with Crippen molar-refractivity contribution in [3.05, 3.63) is 65.5 Å². The summed E-state index contributed by atoms with van der Waals surface area (Å²) in [5.41, 5.74) is 1.74. The van der Waals surface area contributed by atoms with Crippen LogP contribution in [0.2, 0.25) is 0 Å². The van der Waals surface area contributed by atoms with Crippen molar-refractivity contribution in [1.29, 1.82) is 0 Å². The minimum absolute atomic E-state index is 0.209. The maximum absolute atomic E-state index is 13.5. The molecule has 0 heterocycles. The Morgan fingerprint density at radius 2 is 1.80 bits per heavy atom. The number of aryl methyl sites for hydroxylation is 1. The van der Waals surface area contributed by atoms with Crippen LogP contribution >= 0.6 is 12.6 Å². The molecule has 0 aliphatic heterocycles. The molecular weight excluding hydrogens is 339 g/mol. The maximum Gasteiger partial charge on any atom is 0.316 e. The molecule has 5 heteroatoms. The molecule has 1 N–H and O–H groups in total. The van der Waals surface area contributed by atoms with E-state index in [2.05, 4.69) is 12.6 Å². The van der Waals surface area contributed by atoms with Gasteiger partial charge < -0.3 is 9.84 Å². The number of benzene rings is 2. The molecule has 0 saturated carbocycles. The van der Waals surface area contributed by atoms with Crippen molar-refractivity contribution >= 4 is 18.6 Å². The van der Waals surface area contributed by atoms with Crippen LogP contribution in [0.3, 0.4) is 0 Å². The molecule has 1 atom stereocenters. The van der Waals surface area contributed by atoms with E-state index in [1.807, 2.05) is 24.3 Å². The fraction of sp³-hybridized carbons (Fsp3) is 0.350. The van der Waals surface area contributed by atoms with Gasteiger partial charge in [0.15, 0.2) is 0 Å². The van der Waals surface area contributed by atoms with E-state index in [4.69, 9.17) is 9.84 Å². The Morgan fingerprint density at radius 1 is 1.08 bits per heavy atom. The Kier molecular flexibility index (Phi) is 7.79. The highest BCUT2D eigenvalue weighted by Crippen LogP contribution is 2.17. The smallest absolute Gasteiger partial charge is 0.316 e. The lowest BCUT2D eigenvalue weighted by Gasteiger charge is -2.08. The first kappa shape index (κ1) is 19.3. The van der Waals surface area contributed by atoms with Crippen molar-refractivity contribution in [1.82, 2.24) is 0 Å². The molecule has 134 valence electrons. The van der Waals surface area contributed by atoms with Gasteiger partial charge in [0.1, 0.15) is 18.2 Å². The standard InChI is InChI=1S/C20H23FO3S/c21-18-8-5-4-7-16(18)14-24-17-12-10-15(11-13-17)6-2-1-3-9-19(25)20(22)23/h4-5,7-8,10-13,19,25H,1-3,6,9,14H2,(H,22,23). The Balaban J connectivity index is 1.69. The minimum Gasteiger partial charge on any atom is -0.489 e. The quantitative estimate of drug-likeness (QED) is 0.467. The van der Waals surface area contributed by atoms with Crippen LogP contribution in [0.1, 0.15) is 36.8 Å². The first-order chi connectivity index (χ1) is 12.1. The number of halogens is 1. The van der Waals surface area contributed by atoms with E-state index >= 15 is 0 Å². The van der Waals surface area contributed by atoms with Crippen molar-refractivity contribution < 1.29 is 19.0 Å². The van der Waals surface area contributed by atoms with Gasteiger partial charge in [-0.05, 0) is 43.0 Å². The second-order valence-corrected chi connectivity index (χ2v) is 6.60. The Bertz CT molecular complexity index is 673. The predicted octanol–water partition coefficient (Wildman–Crippen LogP) is 4.89. The van der Waals surface area contributed by atoms with Crippen LogP contribution in [0, 0.1) is 5.82 Å². The summed E-state index contributed by atoms with van der Waals surface area (Å²) in [4.78, 5) is 10.7. The van der Waals surface area contributed by atoms with Crippen LogP contribution in [0.5, 0.6) is 5.75 Å². The predicted molar refractivity (Wildman–Crippen MR) is 99.8 cm³/mol. The molecule has 0 aliphatic rings. The van der Waals surface area contributed by atoms with Crippen molar-refractivity contribution in [2.24, 2.45) is 0 Å². The molecule has 0 aliphatic carbocycles. The van der Waals surface area contributed by atoms with Gasteiger partial charge in [0.2, 0.25) is 0 Å². The number of carboxylic acid groups (broad SMARTS) is 1. The molecular formula is C20H23FO3S. The van der Waals surface area contributed by atoms with Gasteiger partial charge in [0.05, 0.1) is 5.25 Å². The van der Waals surface area contributed by atoms with E-state index in [1.54, 1.807) is 18.2 Å². The second-order valence-electron chi connectivity index (χ2n) is 5.98. The molecule has 0 fully saturated rings. The third-order valence-corrected chi connectivity index (χ3v) is 4.48. The van der Waals surface area contributed by atoms with Crippen LogP contribution in [0.4, 0.5) is 4.39 Å². The number of hydrogen-bond donors (Lipinski definition) is 2. The third-order valence-electron chi connectivity index (χ3n) is 4.00. The average molecular weight is 362 g/mol. The molecule has 0 aromatic heterocycles. The summed E-state index contributed by atoms with van der Waals surface area (Å²) in [5, 5.41) is 8.20. The summed E-state index contributed by atoms with van der Waals surface area (Å²) in [7, 11) is 0. The number of ether oxygens (including phenoxy) is 1. The van der Waals surface area contributed by atoms with Crippen molar-refractivity contribution in [3.63, 3.8) is 0 Å². The largest absolute Gasteiger partial charge is 0.489 e. The van der Waals surface area contributed by atoms with Crippen molar-refractivity contribution in [3.8, 4) is 5.75 Å². The Labute approximate surface area is 153 Å². The number of carbonyl (C=O) groups is 1. The molecule has 0 amide bonds. The number of rotatable bonds is 10. The number of aliphatic carboxylic acids is 1. The van der Waals surface area contributed by atoms with E-state index in [1.165, 1.54) is 11.6 Å². The van der Waals surface area contributed by atoms with Crippen LogP contribution in [0.15, 0.2) is 48.5 Å². The molecule has 25 heavy (non-hydrogen) atoms. The molecule has 2 aromatic rings. The lowest BCUT2D eigenvalue weighted by molar-refractivity contribution is -0.136.